The molecule has 0 aliphatic heterocycles. The molecule has 4 heteroatoms. The largest absolute Gasteiger partial charge is 0.312 e. The van der Waals surface area contributed by atoms with E-state index in [2.05, 4.69) is 38.0 Å². The second-order valence-corrected chi connectivity index (χ2v) is 5.79. The maximum Gasteiger partial charge on any atom is 0.0738 e. The normalized spacial score (nSPS) is 17.6. The molecule has 0 aromatic carbocycles. The molecular weight excluding hydrogens is 278 g/mol. The Morgan fingerprint density at radius 1 is 1.29 bits per heavy atom. The van der Waals surface area contributed by atoms with Gasteiger partial charge in [0.1, 0.15) is 0 Å². The molecule has 0 saturated heterocycles. The van der Waals surface area contributed by atoms with Gasteiger partial charge in [0.25, 0.3) is 0 Å². The predicted octanol–water partition coefficient (Wildman–Crippen LogP) is 3.18. The van der Waals surface area contributed by atoms with Crippen molar-refractivity contribution in [3.8, 4) is 0 Å². The van der Waals surface area contributed by atoms with Gasteiger partial charge in [0.2, 0.25) is 0 Å². The van der Waals surface area contributed by atoms with Gasteiger partial charge in [-0.1, -0.05) is 19.3 Å². The molecule has 1 N–H and O–H groups in total. The average molecular weight is 300 g/mol. The third-order valence-corrected chi connectivity index (χ3v) is 4.80. The van der Waals surface area contributed by atoms with Crippen LogP contribution in [0.25, 0.3) is 0 Å². The summed E-state index contributed by atoms with van der Waals surface area (Å²) in [5, 5.41) is 8.17. The van der Waals surface area contributed by atoms with Crippen molar-refractivity contribution in [2.75, 3.05) is 6.54 Å². The van der Waals surface area contributed by atoms with Gasteiger partial charge in [-0.2, -0.15) is 5.10 Å². The molecule has 0 spiro atoms. The summed E-state index contributed by atoms with van der Waals surface area (Å²) >= 11 is 3.56. The Labute approximate surface area is 112 Å². The van der Waals surface area contributed by atoms with E-state index >= 15 is 0 Å². The van der Waals surface area contributed by atoms with Gasteiger partial charge in [0.15, 0.2) is 0 Å². The van der Waals surface area contributed by atoms with Crippen molar-refractivity contribution in [1.29, 1.82) is 0 Å². The lowest BCUT2D eigenvalue weighted by atomic mass is 9.95. The van der Waals surface area contributed by atoms with Gasteiger partial charge < -0.3 is 5.32 Å². The van der Waals surface area contributed by atoms with Crippen LogP contribution in [0, 0.1) is 13.8 Å². The highest BCUT2D eigenvalue weighted by atomic mass is 79.9. The SMILES string of the molecule is Cc1nn(CCNC2CCCCC2)c(C)c1Br. The molecule has 2 rings (SSSR count). The third kappa shape index (κ3) is 3.32. The molecule has 1 aromatic heterocycles. The average Bonchev–Trinajstić information content (AvgIpc) is 2.59. The number of hydrogen-bond donors (Lipinski definition) is 1. The minimum absolute atomic E-state index is 0.740. The van der Waals surface area contributed by atoms with Crippen LogP contribution in [0.1, 0.15) is 43.5 Å². The van der Waals surface area contributed by atoms with Crippen LogP contribution in [-0.2, 0) is 6.54 Å². The highest BCUT2D eigenvalue weighted by molar-refractivity contribution is 9.10. The van der Waals surface area contributed by atoms with E-state index in [0.717, 1.165) is 29.3 Å². The van der Waals surface area contributed by atoms with Crippen molar-refractivity contribution in [1.82, 2.24) is 15.1 Å². The molecule has 0 radical (unpaired) electrons. The Bertz CT molecular complexity index is 367. The number of rotatable bonds is 4. The first-order valence-corrected chi connectivity index (χ1v) is 7.40. The summed E-state index contributed by atoms with van der Waals surface area (Å²) in [6.45, 7) is 6.15. The standard InChI is InChI=1S/C13H22BrN3/c1-10-13(14)11(2)17(16-10)9-8-15-12-6-4-3-5-7-12/h12,15H,3-9H2,1-2H3. The lowest BCUT2D eigenvalue weighted by Gasteiger charge is -2.22. The van der Waals surface area contributed by atoms with E-state index in [0.29, 0.717) is 0 Å². The topological polar surface area (TPSA) is 29.9 Å². The van der Waals surface area contributed by atoms with Crippen molar-refractivity contribution in [2.45, 2.75) is 58.5 Å². The summed E-state index contributed by atoms with van der Waals surface area (Å²) in [5.74, 6) is 0. The summed E-state index contributed by atoms with van der Waals surface area (Å²) in [7, 11) is 0. The number of halogens is 1. The summed E-state index contributed by atoms with van der Waals surface area (Å²) < 4.78 is 3.24. The van der Waals surface area contributed by atoms with Crippen molar-refractivity contribution in [2.24, 2.45) is 0 Å². The van der Waals surface area contributed by atoms with Crippen LogP contribution in [0.5, 0.6) is 0 Å². The summed E-state index contributed by atoms with van der Waals surface area (Å²) in [4.78, 5) is 0. The molecule has 1 heterocycles. The highest BCUT2D eigenvalue weighted by Crippen LogP contribution is 2.20. The maximum absolute atomic E-state index is 4.52. The van der Waals surface area contributed by atoms with E-state index in [-0.39, 0.29) is 0 Å². The molecule has 1 aliphatic rings. The minimum atomic E-state index is 0.740. The van der Waals surface area contributed by atoms with Crippen molar-refractivity contribution in [3.05, 3.63) is 15.9 Å². The minimum Gasteiger partial charge on any atom is -0.312 e. The molecule has 17 heavy (non-hydrogen) atoms. The Morgan fingerprint density at radius 2 is 2.00 bits per heavy atom. The second-order valence-electron chi connectivity index (χ2n) is 5.00. The molecule has 0 amide bonds. The first kappa shape index (κ1) is 13.1. The zero-order valence-electron chi connectivity index (χ0n) is 10.8. The van der Waals surface area contributed by atoms with Crippen LogP contribution < -0.4 is 5.32 Å². The smallest absolute Gasteiger partial charge is 0.0738 e. The van der Waals surface area contributed by atoms with Crippen LogP contribution in [-0.4, -0.2) is 22.4 Å². The van der Waals surface area contributed by atoms with Crippen molar-refractivity contribution < 1.29 is 0 Å². The van der Waals surface area contributed by atoms with E-state index in [1.165, 1.54) is 37.8 Å². The van der Waals surface area contributed by atoms with Crippen LogP contribution in [0.3, 0.4) is 0 Å². The fourth-order valence-corrected chi connectivity index (χ4v) is 2.86. The Balaban J connectivity index is 1.79. The fraction of sp³-hybridized carbons (Fsp3) is 0.769. The van der Waals surface area contributed by atoms with E-state index in [1.54, 1.807) is 0 Å². The third-order valence-electron chi connectivity index (χ3n) is 3.65. The molecule has 0 unspecified atom stereocenters. The molecule has 1 aromatic rings. The lowest BCUT2D eigenvalue weighted by Crippen LogP contribution is -2.33. The molecule has 0 atom stereocenters. The molecular formula is C13H22BrN3. The van der Waals surface area contributed by atoms with Crippen LogP contribution in [0.4, 0.5) is 0 Å². The quantitative estimate of drug-likeness (QED) is 0.925. The zero-order chi connectivity index (χ0) is 12.3. The van der Waals surface area contributed by atoms with Gasteiger partial charge in [-0.3, -0.25) is 4.68 Å². The van der Waals surface area contributed by atoms with Gasteiger partial charge in [0, 0.05) is 18.3 Å². The summed E-state index contributed by atoms with van der Waals surface area (Å²) in [6.07, 6.45) is 6.90. The second kappa shape index (κ2) is 6.01. The fourth-order valence-electron chi connectivity index (χ4n) is 2.57. The Morgan fingerprint density at radius 3 is 2.59 bits per heavy atom. The molecule has 3 nitrogen and oxygen atoms in total. The maximum atomic E-state index is 4.52. The summed E-state index contributed by atoms with van der Waals surface area (Å²) in [6, 6.07) is 0.740. The lowest BCUT2D eigenvalue weighted by molar-refractivity contribution is 0.364. The van der Waals surface area contributed by atoms with Gasteiger partial charge in [0.05, 0.1) is 16.7 Å². The number of nitrogens with zero attached hydrogens (tertiary/aromatic N) is 2. The first-order valence-electron chi connectivity index (χ1n) is 6.61. The monoisotopic (exact) mass is 299 g/mol. The van der Waals surface area contributed by atoms with Gasteiger partial charge in [-0.25, -0.2) is 0 Å². The Hall–Kier alpha value is -0.350. The molecule has 1 saturated carbocycles. The number of aromatic nitrogens is 2. The van der Waals surface area contributed by atoms with E-state index in [9.17, 15) is 0 Å². The summed E-state index contributed by atoms with van der Waals surface area (Å²) in [5.41, 5.74) is 2.31. The Kier molecular flexibility index (Phi) is 4.62. The molecule has 96 valence electrons. The number of aryl methyl sites for hydroxylation is 1. The van der Waals surface area contributed by atoms with Crippen molar-refractivity contribution >= 4 is 15.9 Å². The van der Waals surface area contributed by atoms with Gasteiger partial charge in [-0.05, 0) is 42.6 Å². The molecule has 1 aliphatic carbocycles. The van der Waals surface area contributed by atoms with Gasteiger partial charge >= 0.3 is 0 Å². The predicted molar refractivity (Wildman–Crippen MR) is 74.3 cm³/mol. The number of nitrogens with one attached hydrogen (secondary N) is 1. The van der Waals surface area contributed by atoms with Crippen LogP contribution in [0.2, 0.25) is 0 Å². The zero-order valence-corrected chi connectivity index (χ0v) is 12.4. The molecule has 1 fully saturated rings. The van der Waals surface area contributed by atoms with Crippen LogP contribution in [0.15, 0.2) is 4.47 Å². The molecule has 0 bridgehead atoms. The highest BCUT2D eigenvalue weighted by Gasteiger charge is 2.13. The van der Waals surface area contributed by atoms with E-state index in [1.807, 2.05) is 6.92 Å². The van der Waals surface area contributed by atoms with E-state index in [4.69, 9.17) is 0 Å². The van der Waals surface area contributed by atoms with Gasteiger partial charge in [-0.15, -0.1) is 0 Å². The number of hydrogen-bond acceptors (Lipinski definition) is 2. The van der Waals surface area contributed by atoms with E-state index < -0.39 is 0 Å². The van der Waals surface area contributed by atoms with Crippen molar-refractivity contribution in [3.63, 3.8) is 0 Å². The first-order chi connectivity index (χ1) is 8.18. The van der Waals surface area contributed by atoms with Crippen LogP contribution >= 0.6 is 15.9 Å².